The second-order valence-electron chi connectivity index (χ2n) is 4.18. The van der Waals surface area contributed by atoms with E-state index in [1.165, 1.54) is 5.69 Å². The molecule has 2 rings (SSSR count). The van der Waals surface area contributed by atoms with Crippen LogP contribution in [0.5, 0.6) is 0 Å². The molecule has 1 heterocycles. The fourth-order valence-electron chi connectivity index (χ4n) is 2.06. The van der Waals surface area contributed by atoms with Crippen LogP contribution in [0.25, 0.3) is 0 Å². The largest absolute Gasteiger partial charge is 0.308 e. The first-order valence-electron chi connectivity index (χ1n) is 5.82. The lowest BCUT2D eigenvalue weighted by Crippen LogP contribution is -2.27. The molecule has 0 amide bonds. The third-order valence-corrected chi connectivity index (χ3v) is 4.05. The Hall–Kier alpha value is -0.610. The number of nitrogens with one attached hydrogen (secondary N) is 1. The van der Waals surface area contributed by atoms with Gasteiger partial charge in [-0.15, -0.1) is 0 Å². The van der Waals surface area contributed by atoms with Gasteiger partial charge in [-0.05, 0) is 42.6 Å². The Labute approximate surface area is 105 Å². The molecule has 3 nitrogen and oxygen atoms in total. The van der Waals surface area contributed by atoms with E-state index in [-0.39, 0.29) is 0 Å². The predicted octanol–water partition coefficient (Wildman–Crippen LogP) is 2.78. The minimum absolute atomic E-state index is 0.604. The normalized spacial score (nSPS) is 16.2. The van der Waals surface area contributed by atoms with Crippen molar-refractivity contribution in [3.63, 3.8) is 0 Å². The van der Waals surface area contributed by atoms with Crippen LogP contribution in [0.15, 0.2) is 16.6 Å². The summed E-state index contributed by atoms with van der Waals surface area (Å²) >= 11 is 3.61. The lowest BCUT2D eigenvalue weighted by atomic mass is 10.2. The summed E-state index contributed by atoms with van der Waals surface area (Å²) in [5, 5.41) is 8.06. The zero-order valence-corrected chi connectivity index (χ0v) is 11.4. The average molecular weight is 284 g/mol. The van der Waals surface area contributed by atoms with E-state index in [1.807, 2.05) is 6.92 Å². The van der Waals surface area contributed by atoms with Crippen LogP contribution >= 0.6 is 15.9 Å². The van der Waals surface area contributed by atoms with Crippen molar-refractivity contribution in [3.8, 4) is 0 Å². The maximum Gasteiger partial charge on any atom is 0.0739 e. The van der Waals surface area contributed by atoms with Crippen molar-refractivity contribution in [3.05, 3.63) is 28.0 Å². The zero-order chi connectivity index (χ0) is 11.5. The highest BCUT2D eigenvalue weighted by molar-refractivity contribution is 9.10. The van der Waals surface area contributed by atoms with E-state index < -0.39 is 0 Å². The molecule has 1 aliphatic rings. The van der Waals surface area contributed by atoms with Crippen LogP contribution in [0.4, 0.5) is 0 Å². The number of nitrogens with zero attached hydrogens (tertiary/aromatic N) is 2. The molecule has 0 radical (unpaired) electrons. The molecule has 1 N–H and O–H groups in total. The Morgan fingerprint density at radius 3 is 2.81 bits per heavy atom. The summed E-state index contributed by atoms with van der Waals surface area (Å²) in [4.78, 5) is 0. The van der Waals surface area contributed by atoms with Gasteiger partial charge in [0.25, 0.3) is 0 Å². The Morgan fingerprint density at radius 2 is 2.19 bits per heavy atom. The molecule has 1 aromatic rings. The number of aromatic nitrogens is 2. The van der Waals surface area contributed by atoms with Gasteiger partial charge < -0.3 is 5.32 Å². The molecule has 0 aromatic carbocycles. The van der Waals surface area contributed by atoms with Gasteiger partial charge in [0.2, 0.25) is 0 Å². The van der Waals surface area contributed by atoms with Crippen molar-refractivity contribution in [2.45, 2.75) is 45.8 Å². The monoisotopic (exact) mass is 283 g/mol. The van der Waals surface area contributed by atoms with Crippen LogP contribution in [0.1, 0.15) is 31.2 Å². The van der Waals surface area contributed by atoms with Gasteiger partial charge in [0, 0.05) is 19.1 Å². The third kappa shape index (κ3) is 2.38. The molecule has 0 saturated heterocycles. The fraction of sp³-hybridized carbons (Fsp3) is 0.583. The van der Waals surface area contributed by atoms with Crippen LogP contribution in [0.2, 0.25) is 0 Å². The summed E-state index contributed by atoms with van der Waals surface area (Å²) in [6.45, 7) is 5.98. The van der Waals surface area contributed by atoms with Gasteiger partial charge in [0.1, 0.15) is 0 Å². The highest BCUT2D eigenvalue weighted by Crippen LogP contribution is 2.21. The molecule has 0 fully saturated rings. The fourth-order valence-corrected chi connectivity index (χ4v) is 2.49. The summed E-state index contributed by atoms with van der Waals surface area (Å²) in [5.41, 5.74) is 2.33. The molecular weight excluding hydrogens is 266 g/mol. The third-order valence-electron chi connectivity index (χ3n) is 3.02. The molecule has 1 aromatic heterocycles. The standard InChI is InChI=1S/C12H18BrN3/c1-3-16-11(12(13)9(2)15-16)8-14-10-6-4-5-7-10/h4-5,10,14H,3,6-8H2,1-2H3. The molecule has 0 bridgehead atoms. The molecule has 16 heavy (non-hydrogen) atoms. The number of halogens is 1. The minimum atomic E-state index is 0.604. The van der Waals surface area contributed by atoms with E-state index in [9.17, 15) is 0 Å². The maximum absolute atomic E-state index is 4.49. The van der Waals surface area contributed by atoms with Crippen LogP contribution in [0, 0.1) is 6.92 Å². The number of aryl methyl sites for hydroxylation is 2. The molecule has 0 aliphatic heterocycles. The Morgan fingerprint density at radius 1 is 1.50 bits per heavy atom. The van der Waals surface area contributed by atoms with Crippen molar-refractivity contribution in [1.82, 2.24) is 15.1 Å². The van der Waals surface area contributed by atoms with Gasteiger partial charge in [0.15, 0.2) is 0 Å². The predicted molar refractivity (Wildman–Crippen MR) is 69.3 cm³/mol. The average Bonchev–Trinajstić information content (AvgIpc) is 2.87. The Kier molecular flexibility index (Phi) is 3.82. The SMILES string of the molecule is CCn1nc(C)c(Br)c1CNC1CC=CC1. The van der Waals surface area contributed by atoms with Gasteiger partial charge >= 0.3 is 0 Å². The van der Waals surface area contributed by atoms with Crippen molar-refractivity contribution in [2.24, 2.45) is 0 Å². The summed E-state index contributed by atoms with van der Waals surface area (Å²) < 4.78 is 3.21. The molecule has 0 saturated carbocycles. The lowest BCUT2D eigenvalue weighted by Gasteiger charge is -2.13. The molecule has 0 atom stereocenters. The first-order chi connectivity index (χ1) is 7.72. The molecule has 0 unspecified atom stereocenters. The van der Waals surface area contributed by atoms with Crippen molar-refractivity contribution in [2.75, 3.05) is 0 Å². The highest BCUT2D eigenvalue weighted by atomic mass is 79.9. The number of hydrogen-bond acceptors (Lipinski definition) is 2. The number of hydrogen-bond donors (Lipinski definition) is 1. The Balaban J connectivity index is 2.02. The second kappa shape index (κ2) is 5.15. The van der Waals surface area contributed by atoms with Crippen molar-refractivity contribution < 1.29 is 0 Å². The van der Waals surface area contributed by atoms with Gasteiger partial charge in [0.05, 0.1) is 15.9 Å². The first-order valence-corrected chi connectivity index (χ1v) is 6.61. The smallest absolute Gasteiger partial charge is 0.0739 e. The summed E-state index contributed by atoms with van der Waals surface area (Å²) in [6.07, 6.45) is 6.79. The molecule has 0 spiro atoms. The van der Waals surface area contributed by atoms with E-state index in [0.717, 1.165) is 36.1 Å². The summed E-state index contributed by atoms with van der Waals surface area (Å²) in [6, 6.07) is 0.604. The first kappa shape index (κ1) is 11.9. The van der Waals surface area contributed by atoms with Gasteiger partial charge in [-0.3, -0.25) is 4.68 Å². The zero-order valence-electron chi connectivity index (χ0n) is 9.83. The topological polar surface area (TPSA) is 29.9 Å². The summed E-state index contributed by atoms with van der Waals surface area (Å²) in [7, 11) is 0. The summed E-state index contributed by atoms with van der Waals surface area (Å²) in [5.74, 6) is 0. The van der Waals surface area contributed by atoms with E-state index in [4.69, 9.17) is 0 Å². The van der Waals surface area contributed by atoms with Crippen LogP contribution in [0.3, 0.4) is 0 Å². The van der Waals surface area contributed by atoms with Crippen LogP contribution in [-0.4, -0.2) is 15.8 Å². The Bertz CT molecular complexity index is 387. The lowest BCUT2D eigenvalue weighted by molar-refractivity contribution is 0.507. The van der Waals surface area contributed by atoms with Crippen molar-refractivity contribution in [1.29, 1.82) is 0 Å². The molecular formula is C12H18BrN3. The minimum Gasteiger partial charge on any atom is -0.308 e. The highest BCUT2D eigenvalue weighted by Gasteiger charge is 2.14. The number of rotatable bonds is 4. The van der Waals surface area contributed by atoms with Gasteiger partial charge in [-0.25, -0.2) is 0 Å². The van der Waals surface area contributed by atoms with Gasteiger partial charge in [-0.2, -0.15) is 5.10 Å². The quantitative estimate of drug-likeness (QED) is 0.862. The van der Waals surface area contributed by atoms with E-state index in [2.05, 4.69) is 50.1 Å². The van der Waals surface area contributed by atoms with E-state index in [1.54, 1.807) is 0 Å². The maximum atomic E-state index is 4.49. The van der Waals surface area contributed by atoms with Crippen LogP contribution < -0.4 is 5.32 Å². The van der Waals surface area contributed by atoms with Crippen molar-refractivity contribution >= 4 is 15.9 Å². The molecule has 4 heteroatoms. The molecule has 1 aliphatic carbocycles. The van der Waals surface area contributed by atoms with E-state index >= 15 is 0 Å². The van der Waals surface area contributed by atoms with E-state index in [0.29, 0.717) is 6.04 Å². The van der Waals surface area contributed by atoms with Crippen LogP contribution in [-0.2, 0) is 13.1 Å². The molecule has 88 valence electrons. The second-order valence-corrected chi connectivity index (χ2v) is 4.98. The van der Waals surface area contributed by atoms with Gasteiger partial charge in [-0.1, -0.05) is 12.2 Å².